The van der Waals surface area contributed by atoms with Gasteiger partial charge in [-0.25, -0.2) is 9.59 Å². The van der Waals surface area contributed by atoms with Crippen LogP contribution in [0.1, 0.15) is 93.7 Å². The van der Waals surface area contributed by atoms with E-state index in [4.69, 9.17) is 9.47 Å². The normalized spacial score (nSPS) is 12.3. The molecule has 3 aromatic carbocycles. The average Bonchev–Trinajstić information content (AvgIpc) is 3.10. The first-order chi connectivity index (χ1) is 23.1. The Bertz CT molecular complexity index is 1510. The second-order valence-electron chi connectivity index (χ2n) is 13.0. The third-order valence-electron chi connectivity index (χ3n) is 9.08. The van der Waals surface area contributed by atoms with Gasteiger partial charge < -0.3 is 14.6 Å². The number of carbonyl (C=O) groups is 2. The molecule has 0 amide bonds. The van der Waals surface area contributed by atoms with Gasteiger partial charge in [0.1, 0.15) is 0 Å². The van der Waals surface area contributed by atoms with Crippen LogP contribution in [-0.2, 0) is 57.6 Å². The third kappa shape index (κ3) is 11.9. The Kier molecular flexibility index (Phi) is 15.8. The Balaban J connectivity index is 1.68. The van der Waals surface area contributed by atoms with Crippen LogP contribution in [0.5, 0.6) is 0 Å². The van der Waals surface area contributed by atoms with E-state index in [0.29, 0.717) is 12.0 Å². The van der Waals surface area contributed by atoms with Gasteiger partial charge in [-0.2, -0.15) is 0 Å². The van der Waals surface area contributed by atoms with Crippen molar-refractivity contribution in [1.29, 1.82) is 0 Å². The Hall–Kier alpha value is -3.96. The third-order valence-corrected chi connectivity index (χ3v) is 9.08. The van der Waals surface area contributed by atoms with Crippen molar-refractivity contribution in [3.63, 3.8) is 0 Å². The van der Waals surface area contributed by atoms with E-state index >= 15 is 0 Å². The molecule has 3 aromatic rings. The van der Waals surface area contributed by atoms with Crippen LogP contribution in [0.4, 0.5) is 0 Å². The lowest BCUT2D eigenvalue weighted by atomic mass is 9.90. The zero-order valence-electron chi connectivity index (χ0n) is 29.9. The van der Waals surface area contributed by atoms with Crippen molar-refractivity contribution in [2.45, 2.75) is 105 Å². The number of aliphatic hydroxyl groups excluding tert-OH is 1. The largest absolute Gasteiger partial charge is 0.462 e. The summed E-state index contributed by atoms with van der Waals surface area (Å²) in [5, 5.41) is 9.66. The Morgan fingerprint density at radius 3 is 1.94 bits per heavy atom. The molecule has 0 aliphatic rings. The SMILES string of the molecule is C=C(C)C(=O)OCC(CCc1ccc(-c2ccc(CCc3ccc(CCCCC)cc3)c(CC)c2)c(CC)c1)COC(=O)C(=C)C(C)O. The molecule has 2 atom stereocenters. The molecule has 2 unspecified atom stereocenters. The minimum Gasteiger partial charge on any atom is -0.462 e. The summed E-state index contributed by atoms with van der Waals surface area (Å²) in [5.41, 5.74) is 10.9. The van der Waals surface area contributed by atoms with Crippen LogP contribution in [0, 0.1) is 5.92 Å². The molecule has 0 spiro atoms. The molecule has 5 heteroatoms. The van der Waals surface area contributed by atoms with Gasteiger partial charge in [-0.3, -0.25) is 0 Å². The standard InChI is InChI=1S/C43H56O5/c1-8-11-12-13-33-14-16-34(17-15-33)20-22-39-23-24-40(27-37(39)9-2)41-25-21-35(26-38(41)10-3)18-19-36(28-47-42(45)30(4)5)29-48-43(46)31(6)32(7)44/h14-17,21,23-27,32,36,44H,4,6,8-13,18-20,22,28-29H2,1-3,5,7H3. The quantitative estimate of drug-likeness (QED) is 0.0749. The van der Waals surface area contributed by atoms with Crippen LogP contribution in [0.2, 0.25) is 0 Å². The van der Waals surface area contributed by atoms with Crippen molar-refractivity contribution >= 4 is 11.9 Å². The minimum atomic E-state index is -0.990. The fraction of sp³-hybridized carbons (Fsp3) is 0.442. The number of aliphatic hydroxyl groups is 1. The summed E-state index contributed by atoms with van der Waals surface area (Å²) in [7, 11) is 0. The number of unbranched alkanes of at least 4 members (excludes halogenated alkanes) is 2. The minimum absolute atomic E-state index is 0.00193. The molecule has 1 N–H and O–H groups in total. The zero-order chi connectivity index (χ0) is 35.1. The molecule has 5 nitrogen and oxygen atoms in total. The van der Waals surface area contributed by atoms with Gasteiger partial charge in [0.2, 0.25) is 0 Å². The molecule has 3 rings (SSSR count). The highest BCUT2D eigenvalue weighted by Gasteiger charge is 2.19. The molecule has 0 saturated heterocycles. The lowest BCUT2D eigenvalue weighted by Crippen LogP contribution is -2.24. The summed E-state index contributed by atoms with van der Waals surface area (Å²) in [6, 6.07) is 22.8. The number of rotatable bonds is 20. The summed E-state index contributed by atoms with van der Waals surface area (Å²) in [6.07, 6.45) is 9.34. The lowest BCUT2D eigenvalue weighted by molar-refractivity contribution is -0.144. The highest BCUT2D eigenvalue weighted by atomic mass is 16.5. The Morgan fingerprint density at radius 1 is 0.708 bits per heavy atom. The first-order valence-electron chi connectivity index (χ1n) is 17.7. The Morgan fingerprint density at radius 2 is 1.33 bits per heavy atom. The van der Waals surface area contributed by atoms with Crippen LogP contribution >= 0.6 is 0 Å². The summed E-state index contributed by atoms with van der Waals surface area (Å²) in [6.45, 7) is 17.2. The van der Waals surface area contributed by atoms with E-state index in [1.54, 1.807) is 6.92 Å². The van der Waals surface area contributed by atoms with Crippen LogP contribution < -0.4 is 0 Å². The Labute approximate surface area is 289 Å². The van der Waals surface area contributed by atoms with Gasteiger partial charge in [0.25, 0.3) is 0 Å². The fourth-order valence-corrected chi connectivity index (χ4v) is 5.83. The van der Waals surface area contributed by atoms with Gasteiger partial charge in [-0.15, -0.1) is 0 Å². The summed E-state index contributed by atoms with van der Waals surface area (Å²) in [4.78, 5) is 24.3. The number of benzene rings is 3. The number of hydrogen-bond donors (Lipinski definition) is 1. The van der Waals surface area contributed by atoms with Gasteiger partial charge in [0, 0.05) is 11.5 Å². The summed E-state index contributed by atoms with van der Waals surface area (Å²) < 4.78 is 10.8. The van der Waals surface area contributed by atoms with Crippen LogP contribution in [0.3, 0.4) is 0 Å². The van der Waals surface area contributed by atoms with E-state index in [0.717, 1.165) is 32.1 Å². The number of aryl methyl sites for hydroxylation is 6. The molecule has 0 aliphatic heterocycles. The first kappa shape index (κ1) is 38.5. The van der Waals surface area contributed by atoms with Crippen molar-refractivity contribution in [3.05, 3.63) is 118 Å². The first-order valence-corrected chi connectivity index (χ1v) is 17.7. The summed E-state index contributed by atoms with van der Waals surface area (Å²) >= 11 is 0. The summed E-state index contributed by atoms with van der Waals surface area (Å²) in [5.74, 6) is -1.34. The highest BCUT2D eigenvalue weighted by Crippen LogP contribution is 2.29. The van der Waals surface area contributed by atoms with E-state index in [9.17, 15) is 14.7 Å². The predicted molar refractivity (Wildman–Crippen MR) is 197 cm³/mol. The van der Waals surface area contributed by atoms with Crippen LogP contribution in [-0.4, -0.2) is 36.4 Å². The number of carbonyl (C=O) groups excluding carboxylic acids is 2. The molecule has 0 aromatic heterocycles. The number of ether oxygens (including phenoxy) is 2. The molecular formula is C43H56O5. The van der Waals surface area contributed by atoms with Gasteiger partial charge in [0.15, 0.2) is 0 Å². The number of esters is 2. The molecule has 0 bridgehead atoms. The fourth-order valence-electron chi connectivity index (χ4n) is 5.83. The van der Waals surface area contributed by atoms with E-state index in [1.807, 2.05) is 0 Å². The maximum Gasteiger partial charge on any atom is 0.336 e. The van der Waals surface area contributed by atoms with E-state index < -0.39 is 18.0 Å². The van der Waals surface area contributed by atoms with Gasteiger partial charge in [0.05, 0.1) is 24.9 Å². The molecule has 48 heavy (non-hydrogen) atoms. The molecular weight excluding hydrogens is 596 g/mol. The second-order valence-corrected chi connectivity index (χ2v) is 13.0. The monoisotopic (exact) mass is 652 g/mol. The molecule has 258 valence electrons. The van der Waals surface area contributed by atoms with Crippen molar-refractivity contribution in [2.75, 3.05) is 13.2 Å². The molecule has 0 heterocycles. The van der Waals surface area contributed by atoms with Gasteiger partial charge >= 0.3 is 11.9 Å². The molecule has 0 fully saturated rings. The molecule has 0 saturated carbocycles. The topological polar surface area (TPSA) is 72.8 Å². The smallest absolute Gasteiger partial charge is 0.336 e. The maximum absolute atomic E-state index is 12.3. The van der Waals surface area contributed by atoms with Crippen molar-refractivity contribution in [1.82, 2.24) is 0 Å². The van der Waals surface area contributed by atoms with Crippen molar-refractivity contribution < 1.29 is 24.2 Å². The van der Waals surface area contributed by atoms with E-state index in [1.165, 1.54) is 77.1 Å². The second kappa shape index (κ2) is 19.8. The average molecular weight is 653 g/mol. The van der Waals surface area contributed by atoms with Crippen LogP contribution in [0.15, 0.2) is 85.0 Å². The van der Waals surface area contributed by atoms with Crippen LogP contribution in [0.25, 0.3) is 11.1 Å². The van der Waals surface area contributed by atoms with E-state index in [2.05, 4.69) is 94.6 Å². The number of hydrogen-bond acceptors (Lipinski definition) is 5. The van der Waals surface area contributed by atoms with Gasteiger partial charge in [-0.05, 0) is 110 Å². The van der Waals surface area contributed by atoms with Crippen molar-refractivity contribution in [3.8, 4) is 11.1 Å². The maximum atomic E-state index is 12.3. The van der Waals surface area contributed by atoms with Gasteiger partial charge in [-0.1, -0.05) is 107 Å². The molecule has 0 radical (unpaired) electrons. The zero-order valence-corrected chi connectivity index (χ0v) is 29.9. The molecule has 0 aliphatic carbocycles. The lowest BCUT2D eigenvalue weighted by Gasteiger charge is -2.19. The highest BCUT2D eigenvalue weighted by molar-refractivity contribution is 5.88. The van der Waals surface area contributed by atoms with E-state index in [-0.39, 0.29) is 24.7 Å². The van der Waals surface area contributed by atoms with Crippen molar-refractivity contribution in [2.24, 2.45) is 5.92 Å². The predicted octanol–water partition coefficient (Wildman–Crippen LogP) is 9.14.